The number of nitrogens with one attached hydrogen (secondary N) is 1. The third-order valence-corrected chi connectivity index (χ3v) is 1.89. The second-order valence-electron chi connectivity index (χ2n) is 3.26. The van der Waals surface area contributed by atoms with Crippen LogP contribution in [0.15, 0.2) is 16.7 Å². The van der Waals surface area contributed by atoms with Gasteiger partial charge in [-0.1, -0.05) is 5.16 Å². The van der Waals surface area contributed by atoms with Crippen molar-refractivity contribution in [1.82, 2.24) is 25.7 Å². The number of carbonyl (C=O) groups excluding carboxylic acids is 1. The number of anilines is 1. The van der Waals surface area contributed by atoms with Crippen LogP contribution in [0, 0.1) is 6.92 Å². The highest BCUT2D eigenvalue weighted by Gasteiger charge is 2.09. The smallest absolute Gasteiger partial charge is 0.272 e. The van der Waals surface area contributed by atoms with Gasteiger partial charge in [0.25, 0.3) is 5.91 Å². The van der Waals surface area contributed by atoms with Crippen molar-refractivity contribution in [3.63, 3.8) is 0 Å². The summed E-state index contributed by atoms with van der Waals surface area (Å²) < 4.78 is 4.84. The molecule has 0 spiro atoms. The summed E-state index contributed by atoms with van der Waals surface area (Å²) in [4.78, 5) is 15.5. The van der Waals surface area contributed by atoms with Crippen LogP contribution in [-0.2, 0) is 6.54 Å². The van der Waals surface area contributed by atoms with E-state index >= 15 is 0 Å². The molecule has 17 heavy (non-hydrogen) atoms. The average molecular weight is 234 g/mol. The molecule has 0 saturated carbocycles. The SMILES string of the molecule is Cc1noc(CNC(=O)c2ccc(N)nn2)n1. The van der Waals surface area contributed by atoms with Gasteiger partial charge in [0.05, 0.1) is 6.54 Å². The Morgan fingerprint density at radius 1 is 1.47 bits per heavy atom. The van der Waals surface area contributed by atoms with Crippen LogP contribution in [0.25, 0.3) is 0 Å². The molecule has 88 valence electrons. The largest absolute Gasteiger partial charge is 0.382 e. The van der Waals surface area contributed by atoms with Crippen LogP contribution in [0.2, 0.25) is 0 Å². The first kappa shape index (κ1) is 11.0. The van der Waals surface area contributed by atoms with Gasteiger partial charge in [-0.2, -0.15) is 4.98 Å². The molecule has 3 N–H and O–H groups in total. The zero-order valence-electron chi connectivity index (χ0n) is 9.04. The predicted molar refractivity (Wildman–Crippen MR) is 56.6 cm³/mol. The number of aromatic nitrogens is 4. The average Bonchev–Trinajstić information content (AvgIpc) is 2.73. The van der Waals surface area contributed by atoms with Crippen LogP contribution >= 0.6 is 0 Å². The Kier molecular flexibility index (Phi) is 2.95. The highest BCUT2D eigenvalue weighted by Crippen LogP contribution is 1.99. The summed E-state index contributed by atoms with van der Waals surface area (Å²) >= 11 is 0. The topological polar surface area (TPSA) is 120 Å². The van der Waals surface area contributed by atoms with E-state index in [0.717, 1.165) is 0 Å². The Morgan fingerprint density at radius 3 is 2.88 bits per heavy atom. The van der Waals surface area contributed by atoms with Crippen molar-refractivity contribution in [3.05, 3.63) is 29.5 Å². The van der Waals surface area contributed by atoms with E-state index in [9.17, 15) is 4.79 Å². The Morgan fingerprint density at radius 2 is 2.29 bits per heavy atom. The molecule has 2 heterocycles. The molecule has 8 heteroatoms. The number of carbonyl (C=O) groups is 1. The lowest BCUT2D eigenvalue weighted by Crippen LogP contribution is -2.24. The highest BCUT2D eigenvalue weighted by atomic mass is 16.5. The van der Waals surface area contributed by atoms with Crippen LogP contribution in [0.5, 0.6) is 0 Å². The number of nitrogens with zero attached hydrogens (tertiary/aromatic N) is 4. The molecule has 0 fully saturated rings. The van der Waals surface area contributed by atoms with Gasteiger partial charge in [-0.3, -0.25) is 4.79 Å². The third kappa shape index (κ3) is 2.74. The maximum Gasteiger partial charge on any atom is 0.272 e. The number of nitrogen functional groups attached to an aromatic ring is 1. The number of hydrogen-bond acceptors (Lipinski definition) is 7. The summed E-state index contributed by atoms with van der Waals surface area (Å²) in [6, 6.07) is 2.98. The van der Waals surface area contributed by atoms with Gasteiger partial charge in [0.15, 0.2) is 11.5 Å². The van der Waals surface area contributed by atoms with E-state index < -0.39 is 0 Å². The maximum absolute atomic E-state index is 11.6. The van der Waals surface area contributed by atoms with E-state index in [2.05, 4.69) is 25.7 Å². The molecule has 2 aromatic heterocycles. The Bertz CT molecular complexity index is 521. The molecule has 1 amide bonds. The second kappa shape index (κ2) is 4.56. The minimum absolute atomic E-state index is 0.145. The van der Waals surface area contributed by atoms with Crippen molar-refractivity contribution in [1.29, 1.82) is 0 Å². The number of rotatable bonds is 3. The first-order chi connectivity index (χ1) is 8.15. The second-order valence-corrected chi connectivity index (χ2v) is 3.26. The first-order valence-corrected chi connectivity index (χ1v) is 4.82. The van der Waals surface area contributed by atoms with Gasteiger partial charge in [-0.25, -0.2) is 0 Å². The molecule has 2 aromatic rings. The van der Waals surface area contributed by atoms with Crippen LogP contribution in [0.3, 0.4) is 0 Å². The molecule has 8 nitrogen and oxygen atoms in total. The Hall–Kier alpha value is -2.51. The molecule has 0 atom stereocenters. The summed E-state index contributed by atoms with van der Waals surface area (Å²) in [7, 11) is 0. The fourth-order valence-electron chi connectivity index (χ4n) is 1.12. The van der Waals surface area contributed by atoms with E-state index in [1.165, 1.54) is 12.1 Å². The maximum atomic E-state index is 11.6. The number of amides is 1. The molecule has 2 rings (SSSR count). The third-order valence-electron chi connectivity index (χ3n) is 1.89. The molecule has 0 aliphatic rings. The van der Waals surface area contributed by atoms with Gasteiger partial charge in [0.2, 0.25) is 5.89 Å². The Balaban J connectivity index is 1.95. The van der Waals surface area contributed by atoms with E-state index in [1.54, 1.807) is 6.92 Å². The van der Waals surface area contributed by atoms with E-state index in [-0.39, 0.29) is 24.0 Å². The number of aryl methyl sites for hydroxylation is 1. The highest BCUT2D eigenvalue weighted by molar-refractivity contribution is 5.92. The normalized spacial score (nSPS) is 10.2. The van der Waals surface area contributed by atoms with Gasteiger partial charge in [0, 0.05) is 0 Å². The molecule has 0 aliphatic carbocycles. The lowest BCUT2D eigenvalue weighted by Gasteiger charge is -2.00. The minimum atomic E-state index is -0.381. The summed E-state index contributed by atoms with van der Waals surface area (Å²) in [6.07, 6.45) is 0. The van der Waals surface area contributed by atoms with Crippen LogP contribution in [0.4, 0.5) is 5.82 Å². The molecular formula is C9H10N6O2. The lowest BCUT2D eigenvalue weighted by atomic mass is 10.3. The predicted octanol–water partition coefficient (Wildman–Crippen LogP) is -0.320. The number of hydrogen-bond donors (Lipinski definition) is 2. The molecule has 0 aromatic carbocycles. The van der Waals surface area contributed by atoms with Crippen molar-refractivity contribution in [2.24, 2.45) is 0 Å². The van der Waals surface area contributed by atoms with E-state index in [0.29, 0.717) is 11.7 Å². The standard InChI is InChI=1S/C9H10N6O2/c1-5-12-8(17-15-5)4-11-9(16)6-2-3-7(10)14-13-6/h2-3H,4H2,1H3,(H2,10,14)(H,11,16). The molecule has 0 aliphatic heterocycles. The lowest BCUT2D eigenvalue weighted by molar-refractivity contribution is 0.0940. The summed E-state index contributed by atoms with van der Waals surface area (Å²) in [5.74, 6) is 0.725. The van der Waals surface area contributed by atoms with Crippen LogP contribution in [0.1, 0.15) is 22.2 Å². The Labute approximate surface area is 96.2 Å². The fraction of sp³-hybridized carbons (Fsp3) is 0.222. The van der Waals surface area contributed by atoms with Crippen LogP contribution < -0.4 is 11.1 Å². The van der Waals surface area contributed by atoms with Gasteiger partial charge in [-0.15, -0.1) is 10.2 Å². The zero-order valence-corrected chi connectivity index (χ0v) is 9.04. The van der Waals surface area contributed by atoms with Gasteiger partial charge < -0.3 is 15.6 Å². The van der Waals surface area contributed by atoms with Crippen molar-refractivity contribution in [2.75, 3.05) is 5.73 Å². The van der Waals surface area contributed by atoms with E-state index in [4.69, 9.17) is 10.3 Å². The molecule has 0 radical (unpaired) electrons. The van der Waals surface area contributed by atoms with Crippen molar-refractivity contribution in [2.45, 2.75) is 13.5 Å². The first-order valence-electron chi connectivity index (χ1n) is 4.82. The van der Waals surface area contributed by atoms with Gasteiger partial charge in [0.1, 0.15) is 5.82 Å². The zero-order chi connectivity index (χ0) is 12.3. The van der Waals surface area contributed by atoms with Gasteiger partial charge in [-0.05, 0) is 19.1 Å². The van der Waals surface area contributed by atoms with Crippen LogP contribution in [-0.4, -0.2) is 26.2 Å². The summed E-state index contributed by atoms with van der Waals surface area (Å²) in [5.41, 5.74) is 5.53. The van der Waals surface area contributed by atoms with Crippen molar-refractivity contribution < 1.29 is 9.32 Å². The van der Waals surface area contributed by atoms with E-state index in [1.807, 2.05) is 0 Å². The van der Waals surface area contributed by atoms with Crippen molar-refractivity contribution in [3.8, 4) is 0 Å². The minimum Gasteiger partial charge on any atom is -0.382 e. The molecular weight excluding hydrogens is 224 g/mol. The van der Waals surface area contributed by atoms with Gasteiger partial charge >= 0.3 is 0 Å². The molecule has 0 bridgehead atoms. The molecule has 0 unspecified atom stereocenters. The quantitative estimate of drug-likeness (QED) is 0.746. The van der Waals surface area contributed by atoms with Crippen molar-refractivity contribution >= 4 is 11.7 Å². The fourth-order valence-corrected chi connectivity index (χ4v) is 1.12. The number of nitrogens with two attached hydrogens (primary N) is 1. The summed E-state index contributed by atoms with van der Waals surface area (Å²) in [6.45, 7) is 1.84. The monoisotopic (exact) mass is 234 g/mol. The molecule has 0 saturated heterocycles. The summed E-state index contributed by atoms with van der Waals surface area (Å²) in [5, 5.41) is 13.4.